The van der Waals surface area contributed by atoms with Crippen molar-refractivity contribution in [2.75, 3.05) is 19.8 Å². The van der Waals surface area contributed by atoms with E-state index >= 15 is 0 Å². The molecule has 2 N–H and O–H groups in total. The number of thiocarbonyl (C=S) groups is 1. The molecule has 0 atom stereocenters. The zero-order valence-electron chi connectivity index (χ0n) is 13.8. The average molecular weight is 336 g/mol. The van der Waals surface area contributed by atoms with Crippen LogP contribution in [0.15, 0.2) is 37.0 Å². The molecule has 0 aliphatic carbocycles. The molecule has 0 saturated heterocycles. The molecule has 0 radical (unpaired) electrons. The highest BCUT2D eigenvalue weighted by Crippen LogP contribution is 2.24. The van der Waals surface area contributed by atoms with Crippen LogP contribution < -0.4 is 15.5 Å². The van der Waals surface area contributed by atoms with Gasteiger partial charge in [-0.2, -0.15) is 5.48 Å². The summed E-state index contributed by atoms with van der Waals surface area (Å²) < 4.78 is 5.57. The van der Waals surface area contributed by atoms with Crippen molar-refractivity contribution < 1.29 is 14.4 Å². The molecular formula is C17H24N2O3S. The fourth-order valence-corrected chi connectivity index (χ4v) is 1.85. The van der Waals surface area contributed by atoms with E-state index in [-0.39, 0.29) is 22.7 Å². The minimum atomic E-state index is -0.265. The van der Waals surface area contributed by atoms with E-state index < -0.39 is 0 Å². The van der Waals surface area contributed by atoms with E-state index in [4.69, 9.17) is 21.8 Å². The number of hydroxylamine groups is 1. The summed E-state index contributed by atoms with van der Waals surface area (Å²) in [6, 6.07) is 8.00. The van der Waals surface area contributed by atoms with Gasteiger partial charge in [0.1, 0.15) is 24.0 Å². The highest BCUT2D eigenvalue weighted by atomic mass is 32.1. The van der Waals surface area contributed by atoms with Gasteiger partial charge >= 0.3 is 0 Å². The quantitative estimate of drug-likeness (QED) is 0.410. The summed E-state index contributed by atoms with van der Waals surface area (Å²) in [6.45, 7) is 10.6. The fourth-order valence-electron chi connectivity index (χ4n) is 1.69. The van der Waals surface area contributed by atoms with Crippen molar-refractivity contribution in [3.05, 3.63) is 42.6 Å². The number of rotatable bonds is 9. The van der Waals surface area contributed by atoms with Gasteiger partial charge in [-0.05, 0) is 29.3 Å². The summed E-state index contributed by atoms with van der Waals surface area (Å²) in [5, 5.41) is 2.56. The SMILES string of the molecule is C=CNC(=S)C(=O)CNOCCOc1ccc(C(C)(C)C)cc1. The molecule has 0 saturated carbocycles. The Balaban J connectivity index is 2.19. The van der Waals surface area contributed by atoms with Crippen LogP contribution in [0.2, 0.25) is 0 Å². The van der Waals surface area contributed by atoms with E-state index in [1.165, 1.54) is 11.8 Å². The van der Waals surface area contributed by atoms with Gasteiger partial charge in [0, 0.05) is 0 Å². The first-order valence-electron chi connectivity index (χ1n) is 7.37. The monoisotopic (exact) mass is 336 g/mol. The molecule has 0 aliphatic heterocycles. The number of benzene rings is 1. The molecule has 0 unspecified atom stereocenters. The first-order chi connectivity index (χ1) is 10.8. The van der Waals surface area contributed by atoms with Crippen LogP contribution in [0, 0.1) is 0 Å². The van der Waals surface area contributed by atoms with Crippen LogP contribution in [0.5, 0.6) is 5.75 Å². The summed E-state index contributed by atoms with van der Waals surface area (Å²) in [7, 11) is 0. The maximum atomic E-state index is 11.5. The lowest BCUT2D eigenvalue weighted by Gasteiger charge is -2.19. The normalized spacial score (nSPS) is 10.9. The van der Waals surface area contributed by atoms with E-state index in [0.717, 1.165) is 5.75 Å². The molecule has 126 valence electrons. The molecular weight excluding hydrogens is 312 g/mol. The Labute approximate surface area is 143 Å². The molecule has 23 heavy (non-hydrogen) atoms. The lowest BCUT2D eigenvalue weighted by atomic mass is 9.87. The van der Waals surface area contributed by atoms with Gasteiger partial charge in [-0.15, -0.1) is 0 Å². The number of ketones is 1. The Kier molecular flexibility index (Phi) is 7.88. The van der Waals surface area contributed by atoms with Crippen LogP contribution >= 0.6 is 12.2 Å². The van der Waals surface area contributed by atoms with Crippen molar-refractivity contribution in [2.24, 2.45) is 0 Å². The van der Waals surface area contributed by atoms with Gasteiger partial charge in [-0.3, -0.25) is 9.63 Å². The number of carbonyl (C=O) groups excluding carboxylic acids is 1. The average Bonchev–Trinajstić information content (AvgIpc) is 2.50. The van der Waals surface area contributed by atoms with E-state index in [1.54, 1.807) is 0 Å². The maximum absolute atomic E-state index is 11.5. The van der Waals surface area contributed by atoms with Gasteiger partial charge in [0.2, 0.25) is 5.78 Å². The number of ether oxygens (including phenoxy) is 1. The number of Topliss-reactive ketones (excluding diaryl/α,β-unsaturated/α-hetero) is 1. The molecule has 0 fully saturated rings. The second-order valence-corrected chi connectivity index (χ2v) is 6.30. The predicted octanol–water partition coefficient (Wildman–Crippen LogP) is 2.51. The molecule has 0 aliphatic rings. The smallest absolute Gasteiger partial charge is 0.206 e. The third-order valence-electron chi connectivity index (χ3n) is 3.00. The molecule has 1 rings (SSSR count). The minimum absolute atomic E-state index is 0.0000467. The van der Waals surface area contributed by atoms with Gasteiger partial charge in [0.05, 0.1) is 6.54 Å². The van der Waals surface area contributed by atoms with Crippen molar-refractivity contribution >= 4 is 23.0 Å². The van der Waals surface area contributed by atoms with Crippen LogP contribution in [-0.4, -0.2) is 30.5 Å². The Bertz CT molecular complexity index is 536. The molecule has 0 bridgehead atoms. The van der Waals surface area contributed by atoms with E-state index in [1.807, 2.05) is 12.1 Å². The molecule has 1 aromatic carbocycles. The van der Waals surface area contributed by atoms with Crippen molar-refractivity contribution in [1.29, 1.82) is 0 Å². The molecule has 0 aromatic heterocycles. The second-order valence-electron chi connectivity index (χ2n) is 5.89. The van der Waals surface area contributed by atoms with Crippen LogP contribution in [0.25, 0.3) is 0 Å². The fraction of sp³-hybridized carbons (Fsp3) is 0.412. The lowest BCUT2D eigenvalue weighted by Crippen LogP contribution is -2.34. The highest BCUT2D eigenvalue weighted by Gasteiger charge is 2.12. The first-order valence-corrected chi connectivity index (χ1v) is 7.78. The number of nitrogens with one attached hydrogen (secondary N) is 2. The zero-order valence-corrected chi connectivity index (χ0v) is 14.7. The third-order valence-corrected chi connectivity index (χ3v) is 3.34. The minimum Gasteiger partial charge on any atom is -0.491 e. The Hall–Kier alpha value is -1.76. The summed E-state index contributed by atoms with van der Waals surface area (Å²) in [5.41, 5.74) is 3.93. The van der Waals surface area contributed by atoms with Crippen LogP contribution in [0.4, 0.5) is 0 Å². The molecule has 6 heteroatoms. The molecule has 0 spiro atoms. The van der Waals surface area contributed by atoms with Gasteiger partial charge in [-0.1, -0.05) is 51.7 Å². The summed E-state index contributed by atoms with van der Waals surface area (Å²) in [6.07, 6.45) is 1.36. The van der Waals surface area contributed by atoms with Gasteiger partial charge in [0.25, 0.3) is 0 Å². The first kappa shape index (κ1) is 19.3. The molecule has 1 aromatic rings. The lowest BCUT2D eigenvalue weighted by molar-refractivity contribution is -0.114. The predicted molar refractivity (Wildman–Crippen MR) is 95.5 cm³/mol. The molecule has 5 nitrogen and oxygen atoms in total. The van der Waals surface area contributed by atoms with Crippen molar-refractivity contribution in [3.63, 3.8) is 0 Å². The summed E-state index contributed by atoms with van der Waals surface area (Å²) in [4.78, 5) is 16.7. The zero-order chi connectivity index (χ0) is 17.3. The van der Waals surface area contributed by atoms with E-state index in [2.05, 4.69) is 50.3 Å². The molecule has 0 amide bonds. The van der Waals surface area contributed by atoms with E-state index in [9.17, 15) is 4.79 Å². The van der Waals surface area contributed by atoms with Gasteiger partial charge in [-0.25, -0.2) is 0 Å². The summed E-state index contributed by atoms with van der Waals surface area (Å²) in [5.74, 6) is 0.521. The van der Waals surface area contributed by atoms with Crippen LogP contribution in [0.3, 0.4) is 0 Å². The van der Waals surface area contributed by atoms with E-state index in [0.29, 0.717) is 13.2 Å². The standard InChI is InChI=1S/C17H24N2O3S/c1-5-18-16(23)15(20)12-19-22-11-10-21-14-8-6-13(7-9-14)17(2,3)4/h5-9,19H,1,10-12H2,2-4H3,(H,18,23). The molecule has 0 heterocycles. The van der Waals surface area contributed by atoms with Crippen LogP contribution in [0.1, 0.15) is 26.3 Å². The number of hydrogen-bond donors (Lipinski definition) is 2. The van der Waals surface area contributed by atoms with Crippen molar-refractivity contribution in [2.45, 2.75) is 26.2 Å². The van der Waals surface area contributed by atoms with Crippen LogP contribution in [-0.2, 0) is 15.0 Å². The van der Waals surface area contributed by atoms with Crippen molar-refractivity contribution in [3.8, 4) is 5.75 Å². The Morgan fingerprint density at radius 2 is 1.91 bits per heavy atom. The summed E-state index contributed by atoms with van der Waals surface area (Å²) >= 11 is 4.82. The van der Waals surface area contributed by atoms with Gasteiger partial charge < -0.3 is 10.1 Å². The number of carbonyl (C=O) groups is 1. The largest absolute Gasteiger partial charge is 0.491 e. The topological polar surface area (TPSA) is 59.6 Å². The maximum Gasteiger partial charge on any atom is 0.206 e. The Morgan fingerprint density at radius 3 is 2.48 bits per heavy atom. The second kappa shape index (κ2) is 9.39. The Morgan fingerprint density at radius 1 is 1.26 bits per heavy atom. The van der Waals surface area contributed by atoms with Crippen molar-refractivity contribution in [1.82, 2.24) is 10.8 Å². The van der Waals surface area contributed by atoms with Gasteiger partial charge in [0.15, 0.2) is 0 Å². The third kappa shape index (κ3) is 7.36. The highest BCUT2D eigenvalue weighted by molar-refractivity contribution is 7.82. The number of hydrogen-bond acceptors (Lipinski definition) is 5.